The van der Waals surface area contributed by atoms with E-state index in [0.29, 0.717) is 12.8 Å². The Hall–Kier alpha value is -2.69. The predicted octanol–water partition coefficient (Wildman–Crippen LogP) is 6.19. The Bertz CT molecular complexity index is 1260. The minimum atomic E-state index is -0.556. The molecule has 5 rings (SSSR count). The largest absolute Gasteiger partial charge is 0.784 e. The summed E-state index contributed by atoms with van der Waals surface area (Å²) in [5.41, 5.74) is -0.130. The quantitative estimate of drug-likeness (QED) is 0.296. The molecule has 1 aliphatic rings. The Labute approximate surface area is 182 Å². The van der Waals surface area contributed by atoms with Crippen LogP contribution in [0.4, 0.5) is 0 Å². The number of esters is 1. The van der Waals surface area contributed by atoms with Crippen LogP contribution in [0.15, 0.2) is 54.6 Å². The van der Waals surface area contributed by atoms with Crippen molar-refractivity contribution in [3.05, 3.63) is 65.4 Å². The molecule has 1 aliphatic heterocycles. The van der Waals surface area contributed by atoms with E-state index in [1.165, 1.54) is 26.9 Å². The number of carbonyl (C=O) groups excluding carboxylic acids is 1. The molecule has 0 N–H and O–H groups in total. The van der Waals surface area contributed by atoms with Gasteiger partial charge in [0, 0.05) is 23.9 Å². The average molecular weight is 415 g/mol. The molecule has 1 fully saturated rings. The van der Waals surface area contributed by atoms with Gasteiger partial charge in [0.05, 0.1) is 6.42 Å². The molecule has 0 saturated carbocycles. The van der Waals surface area contributed by atoms with Gasteiger partial charge in [-0.05, 0) is 65.6 Å². The van der Waals surface area contributed by atoms with E-state index >= 15 is 0 Å². The third-order valence-electron chi connectivity index (χ3n) is 6.81. The molecule has 1 saturated heterocycles. The summed E-state index contributed by atoms with van der Waals surface area (Å²) in [6.45, 7) is 7.68. The van der Waals surface area contributed by atoms with Gasteiger partial charge in [0.25, 0.3) is 0 Å². The zero-order valence-electron chi connectivity index (χ0n) is 18.6. The van der Waals surface area contributed by atoms with Gasteiger partial charge in [-0.15, -0.1) is 0 Å². The van der Waals surface area contributed by atoms with Gasteiger partial charge in [0.1, 0.15) is 6.10 Å². The maximum atomic E-state index is 12.9. The molecule has 4 heteroatoms. The first-order valence-electron chi connectivity index (χ1n) is 11.0. The molecule has 0 unspecified atom stereocenters. The second kappa shape index (κ2) is 6.91. The lowest BCUT2D eigenvalue weighted by Crippen LogP contribution is -2.59. The summed E-state index contributed by atoms with van der Waals surface area (Å²) >= 11 is 0. The van der Waals surface area contributed by atoms with Crippen molar-refractivity contribution in [3.8, 4) is 0 Å². The second-order valence-corrected chi connectivity index (χ2v) is 10.2. The van der Waals surface area contributed by atoms with E-state index in [1.54, 1.807) is 0 Å². The molecule has 160 valence electrons. The summed E-state index contributed by atoms with van der Waals surface area (Å²) < 4.78 is 5.90. The number of carbonyl (C=O) groups is 1. The molecule has 0 spiro atoms. The van der Waals surface area contributed by atoms with E-state index in [1.807, 2.05) is 33.8 Å². The van der Waals surface area contributed by atoms with Crippen LogP contribution in [0.1, 0.15) is 46.1 Å². The van der Waals surface area contributed by atoms with Crippen molar-refractivity contribution in [2.75, 3.05) is 0 Å². The topological polar surface area (TPSA) is 52.6 Å². The first-order valence-corrected chi connectivity index (χ1v) is 11.0. The van der Waals surface area contributed by atoms with E-state index in [2.05, 4.69) is 48.5 Å². The van der Waals surface area contributed by atoms with Crippen LogP contribution in [0.2, 0.25) is 0 Å². The van der Waals surface area contributed by atoms with E-state index in [-0.39, 0.29) is 18.5 Å². The molecule has 0 aliphatic carbocycles. The second-order valence-electron chi connectivity index (χ2n) is 10.2. The predicted molar refractivity (Wildman–Crippen MR) is 126 cm³/mol. The number of ether oxygens (including phenoxy) is 1. The van der Waals surface area contributed by atoms with Gasteiger partial charge in [-0.1, -0.05) is 54.6 Å². The molecule has 4 nitrogen and oxygen atoms in total. The van der Waals surface area contributed by atoms with Gasteiger partial charge in [-0.25, -0.2) is 0 Å². The minimum absolute atomic E-state index is 0.229. The van der Waals surface area contributed by atoms with Crippen LogP contribution in [0.25, 0.3) is 32.3 Å². The van der Waals surface area contributed by atoms with Crippen molar-refractivity contribution in [1.29, 1.82) is 0 Å². The lowest BCUT2D eigenvalue weighted by Gasteiger charge is -2.59. The Balaban J connectivity index is 1.45. The molecular formula is C27H28NO3-. The number of hydrogen-bond acceptors (Lipinski definition) is 4. The molecule has 4 aromatic carbocycles. The number of benzene rings is 4. The number of hydrogen-bond donors (Lipinski definition) is 0. The van der Waals surface area contributed by atoms with Crippen molar-refractivity contribution >= 4 is 38.3 Å². The Morgan fingerprint density at radius 2 is 1.45 bits per heavy atom. The van der Waals surface area contributed by atoms with Gasteiger partial charge in [0.2, 0.25) is 0 Å². The highest BCUT2D eigenvalue weighted by atomic mass is 16.5. The van der Waals surface area contributed by atoms with Crippen molar-refractivity contribution < 1.29 is 9.53 Å². The van der Waals surface area contributed by atoms with Crippen molar-refractivity contribution in [3.63, 3.8) is 0 Å². The van der Waals surface area contributed by atoms with Gasteiger partial charge in [0.15, 0.2) is 0 Å². The molecular weight excluding hydrogens is 386 g/mol. The van der Waals surface area contributed by atoms with Gasteiger partial charge in [-0.2, -0.15) is 0 Å². The molecule has 0 atom stereocenters. The van der Waals surface area contributed by atoms with Crippen LogP contribution in [-0.4, -0.2) is 28.2 Å². The Morgan fingerprint density at radius 3 is 2.10 bits per heavy atom. The van der Waals surface area contributed by atoms with E-state index in [9.17, 15) is 10.0 Å². The third-order valence-corrected chi connectivity index (χ3v) is 6.81. The average Bonchev–Trinajstić information content (AvgIpc) is 2.71. The lowest BCUT2D eigenvalue weighted by molar-refractivity contribution is -0.156. The first kappa shape index (κ1) is 20.2. The minimum Gasteiger partial charge on any atom is -0.784 e. The molecule has 1 heterocycles. The number of piperidine rings is 1. The Morgan fingerprint density at radius 1 is 0.903 bits per heavy atom. The number of rotatable bonds is 3. The fourth-order valence-electron chi connectivity index (χ4n) is 5.59. The molecule has 31 heavy (non-hydrogen) atoms. The SMILES string of the molecule is CC1(C)CC(OC(=O)Cc2ccc3ccc4cccc5ccc2c3c45)CC(C)(C)N1[O-]. The van der Waals surface area contributed by atoms with Crippen molar-refractivity contribution in [2.45, 2.75) is 64.1 Å². The summed E-state index contributed by atoms with van der Waals surface area (Å²) in [4.78, 5) is 12.9. The monoisotopic (exact) mass is 414 g/mol. The summed E-state index contributed by atoms with van der Waals surface area (Å²) in [6, 6.07) is 19.0. The van der Waals surface area contributed by atoms with E-state index in [0.717, 1.165) is 16.0 Å². The highest BCUT2D eigenvalue weighted by molar-refractivity contribution is 6.23. The van der Waals surface area contributed by atoms with Gasteiger partial charge >= 0.3 is 5.97 Å². The Kier molecular flexibility index (Phi) is 4.51. The summed E-state index contributed by atoms with van der Waals surface area (Å²) in [5, 5.41) is 20.9. The smallest absolute Gasteiger partial charge is 0.310 e. The molecule has 0 amide bonds. The van der Waals surface area contributed by atoms with Crippen LogP contribution < -0.4 is 0 Å². The van der Waals surface area contributed by atoms with E-state index in [4.69, 9.17) is 4.74 Å². The highest BCUT2D eigenvalue weighted by Gasteiger charge is 2.41. The zero-order chi connectivity index (χ0) is 22.0. The molecule has 0 radical (unpaired) electrons. The first-order chi connectivity index (χ1) is 14.7. The highest BCUT2D eigenvalue weighted by Crippen LogP contribution is 2.39. The van der Waals surface area contributed by atoms with Crippen molar-refractivity contribution in [1.82, 2.24) is 5.06 Å². The fourth-order valence-corrected chi connectivity index (χ4v) is 5.59. The number of nitrogens with zero attached hydrogens (tertiary/aromatic N) is 1. The van der Waals surface area contributed by atoms with E-state index < -0.39 is 11.1 Å². The normalized spacial score (nSPS) is 19.4. The lowest BCUT2D eigenvalue weighted by atomic mass is 9.80. The van der Waals surface area contributed by atoms with Crippen LogP contribution >= 0.6 is 0 Å². The van der Waals surface area contributed by atoms with Gasteiger partial charge in [-0.3, -0.25) is 4.79 Å². The van der Waals surface area contributed by atoms with Crippen LogP contribution in [0.3, 0.4) is 0 Å². The summed E-state index contributed by atoms with van der Waals surface area (Å²) in [5.74, 6) is -0.231. The van der Waals surface area contributed by atoms with Gasteiger partial charge < -0.3 is 15.0 Å². The summed E-state index contributed by atoms with van der Waals surface area (Å²) in [6.07, 6.45) is 1.07. The molecule has 0 bridgehead atoms. The summed E-state index contributed by atoms with van der Waals surface area (Å²) in [7, 11) is 0. The third kappa shape index (κ3) is 3.35. The van der Waals surface area contributed by atoms with Crippen LogP contribution in [-0.2, 0) is 16.0 Å². The maximum Gasteiger partial charge on any atom is 0.310 e. The van der Waals surface area contributed by atoms with Crippen LogP contribution in [0, 0.1) is 5.21 Å². The zero-order valence-corrected chi connectivity index (χ0v) is 18.6. The standard InChI is InChI=1S/C27H28NO3/c1-26(2)15-21(16-27(3,4)28(26)30)31-23(29)14-20-11-10-19-9-8-17-6-5-7-18-12-13-22(20)25(19)24(17)18/h5-13,21H,14-16H2,1-4H3/q-1. The number of hydroxylamine groups is 2. The molecule has 4 aromatic rings. The maximum absolute atomic E-state index is 12.9. The van der Waals surface area contributed by atoms with Crippen molar-refractivity contribution in [2.24, 2.45) is 0 Å². The molecule has 0 aromatic heterocycles. The van der Waals surface area contributed by atoms with Crippen LogP contribution in [0.5, 0.6) is 0 Å². The fraction of sp³-hybridized carbons (Fsp3) is 0.370.